The van der Waals surface area contributed by atoms with Gasteiger partial charge >= 0.3 is 182 Å². The van der Waals surface area contributed by atoms with E-state index in [1.54, 1.807) is 0 Å². The number of nitrogens with zero attached hydrogens (tertiary/aromatic N) is 8. The average molecular weight is 509 g/mol. The van der Waals surface area contributed by atoms with Gasteiger partial charge in [0.2, 0.25) is 0 Å². The molecule has 0 aliphatic carbocycles. The van der Waals surface area contributed by atoms with Crippen molar-refractivity contribution in [3.8, 4) is 0 Å². The van der Waals surface area contributed by atoms with Crippen molar-refractivity contribution in [1.29, 1.82) is 0 Å². The van der Waals surface area contributed by atoms with Gasteiger partial charge in [-0.25, -0.2) is 0 Å². The molecule has 0 atom stereocenters. The van der Waals surface area contributed by atoms with Gasteiger partial charge in [-0.3, -0.25) is 0 Å². The van der Waals surface area contributed by atoms with Crippen molar-refractivity contribution in [1.82, 2.24) is 20.2 Å². The van der Waals surface area contributed by atoms with Crippen molar-refractivity contribution in [2.45, 2.75) is 11.9 Å². The number of nitro benzene ring substituents is 4. The molecule has 0 spiro atoms. The molecule has 0 N–H and O–H groups in total. The molecule has 3 aromatic rings. The van der Waals surface area contributed by atoms with E-state index in [2.05, 4.69) is 15.4 Å². The van der Waals surface area contributed by atoms with E-state index in [1.807, 2.05) is 0 Å². The number of aromatic nitrogens is 4. The minimum atomic E-state index is -0.751. The standard InChI is InChI=1S/C15H10N8O8Se/c24-20(25)11-2-1-10(14(6-11)23(30)31)7-19-17-15(16-18-19)32-8-9-3-12(21(26)27)5-13(4-9)22(28)29/h1-6H,7-8H2. The SMILES string of the molecule is O=[N+]([O-])c1cc(C[Se]c2nnn(Cc3ccc([N+](=O)[O-])cc3[N+](=O)[O-])n2)cc([N+](=O)[O-])c1. The molecule has 1 heterocycles. The third-order valence-electron chi connectivity index (χ3n) is 3.97. The predicted octanol–water partition coefficient (Wildman–Crippen LogP) is 0.884. The van der Waals surface area contributed by atoms with E-state index in [0.29, 0.717) is 5.56 Å². The van der Waals surface area contributed by atoms with E-state index in [4.69, 9.17) is 0 Å². The van der Waals surface area contributed by atoms with E-state index in [1.165, 1.54) is 18.2 Å². The molecule has 1 aromatic heterocycles. The first kappa shape index (κ1) is 22.3. The molecule has 0 fully saturated rings. The molecule has 3 rings (SSSR count). The van der Waals surface area contributed by atoms with E-state index in [9.17, 15) is 40.5 Å². The fourth-order valence-corrected chi connectivity index (χ4v) is 4.06. The van der Waals surface area contributed by atoms with Crippen LogP contribution in [0.2, 0.25) is 0 Å². The van der Waals surface area contributed by atoms with Crippen molar-refractivity contribution in [2.75, 3.05) is 0 Å². The van der Waals surface area contributed by atoms with Gasteiger partial charge in [0.05, 0.1) is 0 Å². The van der Waals surface area contributed by atoms with Gasteiger partial charge in [-0.05, 0) is 0 Å². The summed E-state index contributed by atoms with van der Waals surface area (Å²) in [6.45, 7) is -0.167. The van der Waals surface area contributed by atoms with Crippen LogP contribution in [-0.4, -0.2) is 54.9 Å². The van der Waals surface area contributed by atoms with Crippen LogP contribution in [0, 0.1) is 40.5 Å². The summed E-state index contributed by atoms with van der Waals surface area (Å²) in [5.74, 6) is 0. The molecule has 0 saturated heterocycles. The van der Waals surface area contributed by atoms with Crippen LogP contribution >= 0.6 is 0 Å². The average Bonchev–Trinajstić information content (AvgIpc) is 3.19. The molecule has 0 aliphatic heterocycles. The van der Waals surface area contributed by atoms with Gasteiger partial charge < -0.3 is 0 Å². The quantitative estimate of drug-likeness (QED) is 0.224. The fourth-order valence-electron chi connectivity index (χ4n) is 2.57. The molecule has 32 heavy (non-hydrogen) atoms. The zero-order chi connectivity index (χ0) is 23.4. The van der Waals surface area contributed by atoms with E-state index >= 15 is 0 Å². The summed E-state index contributed by atoms with van der Waals surface area (Å²) in [4.78, 5) is 42.1. The summed E-state index contributed by atoms with van der Waals surface area (Å²) >= 11 is -0.497. The molecule has 164 valence electrons. The number of benzene rings is 2. The van der Waals surface area contributed by atoms with Gasteiger partial charge in [0.1, 0.15) is 0 Å². The second-order valence-electron chi connectivity index (χ2n) is 6.09. The Hall–Kier alpha value is -4.37. The van der Waals surface area contributed by atoms with Crippen LogP contribution in [-0.2, 0) is 11.9 Å². The van der Waals surface area contributed by atoms with Crippen LogP contribution < -0.4 is 4.72 Å². The number of non-ortho nitro benzene ring substituents is 3. The third kappa shape index (κ3) is 5.21. The summed E-state index contributed by atoms with van der Waals surface area (Å²) in [5.41, 5.74) is -1.23. The Labute approximate surface area is 182 Å². The number of hydrogen-bond acceptors (Lipinski definition) is 11. The zero-order valence-electron chi connectivity index (χ0n) is 15.6. The van der Waals surface area contributed by atoms with Crippen LogP contribution in [0.3, 0.4) is 0 Å². The molecule has 0 amide bonds. The van der Waals surface area contributed by atoms with Crippen LogP contribution in [0.5, 0.6) is 0 Å². The van der Waals surface area contributed by atoms with Gasteiger partial charge in [0.25, 0.3) is 0 Å². The summed E-state index contributed by atoms with van der Waals surface area (Å²) in [6, 6.07) is 6.50. The number of hydrogen-bond donors (Lipinski definition) is 0. The number of tetrazole rings is 1. The number of nitro groups is 4. The first-order valence-electron chi connectivity index (χ1n) is 8.39. The first-order valence-corrected chi connectivity index (χ1v) is 10.5. The second kappa shape index (κ2) is 9.19. The summed E-state index contributed by atoms with van der Waals surface area (Å²) in [6.07, 6.45) is 0. The normalized spacial score (nSPS) is 10.6. The Kier molecular flexibility index (Phi) is 6.41. The van der Waals surface area contributed by atoms with Gasteiger partial charge in [-0.15, -0.1) is 0 Å². The van der Waals surface area contributed by atoms with Crippen LogP contribution in [0.15, 0.2) is 36.4 Å². The summed E-state index contributed by atoms with van der Waals surface area (Å²) < 4.78 is 0.260. The van der Waals surface area contributed by atoms with E-state index in [0.717, 1.165) is 23.0 Å². The van der Waals surface area contributed by atoms with Crippen molar-refractivity contribution in [3.05, 3.63) is 88.0 Å². The summed E-state index contributed by atoms with van der Waals surface area (Å²) in [7, 11) is 0. The predicted molar refractivity (Wildman–Crippen MR) is 106 cm³/mol. The minimum absolute atomic E-state index is 0.131. The Balaban J connectivity index is 1.75. The van der Waals surface area contributed by atoms with Crippen LogP contribution in [0.25, 0.3) is 0 Å². The Morgan fingerprint density at radius 3 is 2.00 bits per heavy atom. The van der Waals surface area contributed by atoms with Crippen LogP contribution in [0.4, 0.5) is 22.7 Å². The summed E-state index contributed by atoms with van der Waals surface area (Å²) in [5, 5.41) is 55.9. The van der Waals surface area contributed by atoms with Gasteiger partial charge in [-0.1, -0.05) is 0 Å². The third-order valence-corrected chi connectivity index (χ3v) is 5.86. The molecular formula is C15H10N8O8Se. The zero-order valence-corrected chi connectivity index (χ0v) is 17.3. The molecule has 0 aliphatic rings. The number of rotatable bonds is 9. The van der Waals surface area contributed by atoms with Crippen LogP contribution in [0.1, 0.15) is 11.1 Å². The van der Waals surface area contributed by atoms with Crippen molar-refractivity contribution >= 4 is 42.4 Å². The van der Waals surface area contributed by atoms with Gasteiger partial charge in [-0.2, -0.15) is 0 Å². The van der Waals surface area contributed by atoms with Gasteiger partial charge in [0.15, 0.2) is 0 Å². The Bertz CT molecular complexity index is 1210. The topological polar surface area (TPSA) is 216 Å². The van der Waals surface area contributed by atoms with Crippen molar-refractivity contribution < 1.29 is 19.7 Å². The molecule has 0 saturated carbocycles. The molecule has 0 bridgehead atoms. The Morgan fingerprint density at radius 1 is 0.812 bits per heavy atom. The van der Waals surface area contributed by atoms with Crippen molar-refractivity contribution in [2.24, 2.45) is 0 Å². The molecule has 0 radical (unpaired) electrons. The molecule has 16 nitrogen and oxygen atoms in total. The molecule has 2 aromatic carbocycles. The maximum absolute atomic E-state index is 11.2. The molecular weight excluding hydrogens is 499 g/mol. The Morgan fingerprint density at radius 2 is 1.44 bits per heavy atom. The fraction of sp³-hybridized carbons (Fsp3) is 0.133. The monoisotopic (exact) mass is 510 g/mol. The van der Waals surface area contributed by atoms with E-state index < -0.39 is 57.4 Å². The first-order chi connectivity index (χ1) is 15.1. The van der Waals surface area contributed by atoms with Crippen molar-refractivity contribution in [3.63, 3.8) is 0 Å². The van der Waals surface area contributed by atoms with Gasteiger partial charge in [0, 0.05) is 0 Å². The molecule has 0 unspecified atom stereocenters. The van der Waals surface area contributed by atoms with E-state index in [-0.39, 0.29) is 22.2 Å². The maximum atomic E-state index is 11.2. The second-order valence-corrected chi connectivity index (χ2v) is 8.07. The molecule has 17 heteroatoms.